The number of carbonyl (C=O) groups is 2. The van der Waals surface area contributed by atoms with Crippen LogP contribution < -0.4 is 10.6 Å². The van der Waals surface area contributed by atoms with Gasteiger partial charge in [0.25, 0.3) is 5.91 Å². The maximum atomic E-state index is 13.5. The van der Waals surface area contributed by atoms with Gasteiger partial charge in [0.05, 0.1) is 16.2 Å². The largest absolute Gasteiger partial charge is 0.418 e. The Morgan fingerprint density at radius 2 is 1.78 bits per heavy atom. The summed E-state index contributed by atoms with van der Waals surface area (Å²) in [6, 6.07) is 7.13. The van der Waals surface area contributed by atoms with Gasteiger partial charge in [-0.2, -0.15) is 18.3 Å². The van der Waals surface area contributed by atoms with E-state index in [0.29, 0.717) is 6.07 Å². The second kappa shape index (κ2) is 8.83. The Morgan fingerprint density at radius 1 is 1.09 bits per heavy atom. The highest BCUT2D eigenvalue weighted by Gasteiger charge is 2.34. The summed E-state index contributed by atoms with van der Waals surface area (Å²) in [5, 5.41) is 18.6. The summed E-state index contributed by atoms with van der Waals surface area (Å²) in [4.78, 5) is 34.2. The molecule has 0 aliphatic rings. The number of carbonyl (C=O) groups excluding carboxylic acids is 2. The summed E-state index contributed by atoms with van der Waals surface area (Å²) in [5.41, 5.74) is -2.36. The van der Waals surface area contributed by atoms with E-state index in [0.717, 1.165) is 41.3 Å². The van der Waals surface area contributed by atoms with Gasteiger partial charge in [-0.25, -0.2) is 4.39 Å². The lowest BCUT2D eigenvalue weighted by Crippen LogP contribution is -2.21. The number of benzene rings is 2. The smallest absolute Gasteiger partial charge is 0.324 e. The van der Waals surface area contributed by atoms with Gasteiger partial charge in [0, 0.05) is 11.3 Å². The number of hydrogen-bond donors (Lipinski definition) is 2. The highest BCUT2D eigenvalue weighted by molar-refractivity contribution is 6.04. The van der Waals surface area contributed by atoms with Crippen LogP contribution in [0.4, 0.5) is 34.6 Å². The molecule has 32 heavy (non-hydrogen) atoms. The Morgan fingerprint density at radius 3 is 2.38 bits per heavy atom. The number of nitrogens with zero attached hydrogens (tertiary/aromatic N) is 3. The fourth-order valence-corrected chi connectivity index (χ4v) is 2.64. The summed E-state index contributed by atoms with van der Waals surface area (Å²) >= 11 is 0. The molecule has 0 saturated carbocycles. The van der Waals surface area contributed by atoms with Crippen LogP contribution in [0.2, 0.25) is 0 Å². The molecule has 2 aromatic carbocycles. The summed E-state index contributed by atoms with van der Waals surface area (Å²) < 4.78 is 54.4. The second-order valence-corrected chi connectivity index (χ2v) is 6.42. The highest BCUT2D eigenvalue weighted by Crippen LogP contribution is 2.36. The van der Waals surface area contributed by atoms with Crippen molar-refractivity contribution in [3.8, 4) is 0 Å². The summed E-state index contributed by atoms with van der Waals surface area (Å²) in [6.45, 7) is -0.561. The molecule has 0 atom stereocenters. The fraction of sp³-hybridized carbons (Fsp3) is 0.105. The van der Waals surface area contributed by atoms with Crippen LogP contribution in [-0.2, 0) is 17.5 Å². The van der Waals surface area contributed by atoms with E-state index < -0.39 is 46.5 Å². The van der Waals surface area contributed by atoms with Crippen molar-refractivity contribution in [2.24, 2.45) is 0 Å². The molecule has 0 saturated heterocycles. The van der Waals surface area contributed by atoms with E-state index in [2.05, 4.69) is 15.7 Å². The number of aromatic nitrogens is 2. The Balaban J connectivity index is 1.77. The van der Waals surface area contributed by atoms with Crippen LogP contribution in [0.15, 0.2) is 54.9 Å². The molecule has 2 N–H and O–H groups in total. The topological polar surface area (TPSA) is 119 Å². The minimum atomic E-state index is -4.87. The van der Waals surface area contributed by atoms with Crippen molar-refractivity contribution in [3.05, 3.63) is 81.9 Å². The van der Waals surface area contributed by atoms with E-state index in [1.54, 1.807) is 0 Å². The van der Waals surface area contributed by atoms with Gasteiger partial charge < -0.3 is 10.6 Å². The first-order chi connectivity index (χ1) is 15.0. The zero-order chi connectivity index (χ0) is 23.5. The van der Waals surface area contributed by atoms with Crippen molar-refractivity contribution in [2.45, 2.75) is 12.7 Å². The van der Waals surface area contributed by atoms with Gasteiger partial charge in [-0.05, 0) is 42.5 Å². The quantitative estimate of drug-likeness (QED) is 0.335. The molecule has 3 rings (SSSR count). The Kier molecular flexibility index (Phi) is 6.18. The van der Waals surface area contributed by atoms with Gasteiger partial charge in [0.1, 0.15) is 24.8 Å². The normalized spacial score (nSPS) is 11.1. The van der Waals surface area contributed by atoms with Crippen LogP contribution in [0.1, 0.15) is 15.9 Å². The lowest BCUT2D eigenvalue weighted by atomic mass is 10.1. The minimum Gasteiger partial charge on any atom is -0.324 e. The van der Waals surface area contributed by atoms with Crippen molar-refractivity contribution in [3.63, 3.8) is 0 Å². The summed E-state index contributed by atoms with van der Waals surface area (Å²) in [5.74, 6) is -2.24. The molecule has 9 nitrogen and oxygen atoms in total. The Bertz CT molecular complexity index is 1180. The second-order valence-electron chi connectivity index (χ2n) is 6.42. The third-order valence-corrected chi connectivity index (χ3v) is 4.10. The summed E-state index contributed by atoms with van der Waals surface area (Å²) in [6.07, 6.45) is -3.02. The zero-order valence-electron chi connectivity index (χ0n) is 15.9. The molecule has 1 aromatic heterocycles. The number of halogens is 4. The zero-order valence-corrected chi connectivity index (χ0v) is 15.9. The molecule has 3 aromatic rings. The van der Waals surface area contributed by atoms with Gasteiger partial charge >= 0.3 is 11.9 Å². The monoisotopic (exact) mass is 451 g/mol. The Labute approximate surface area is 176 Å². The molecule has 2 amide bonds. The molecule has 0 radical (unpaired) electrons. The lowest BCUT2D eigenvalue weighted by molar-refractivity contribution is -0.385. The average Bonchev–Trinajstić information content (AvgIpc) is 3.17. The van der Waals surface area contributed by atoms with Crippen LogP contribution in [0.5, 0.6) is 0 Å². The molecule has 1 heterocycles. The third-order valence-electron chi connectivity index (χ3n) is 4.10. The number of rotatable bonds is 6. The molecule has 13 heteroatoms. The first kappa shape index (κ1) is 22.4. The van der Waals surface area contributed by atoms with E-state index in [4.69, 9.17) is 0 Å². The number of anilines is 2. The molecule has 0 fully saturated rings. The van der Waals surface area contributed by atoms with Crippen molar-refractivity contribution in [1.82, 2.24) is 9.78 Å². The van der Waals surface area contributed by atoms with Crippen LogP contribution in [-0.4, -0.2) is 26.5 Å². The maximum Gasteiger partial charge on any atom is 0.418 e. The molecule has 0 bridgehead atoms. The van der Waals surface area contributed by atoms with Gasteiger partial charge in [-0.1, -0.05) is 0 Å². The van der Waals surface area contributed by atoms with E-state index in [-0.39, 0.29) is 16.9 Å². The SMILES string of the molecule is O=C(Cn1cc([N+](=O)[O-])cn1)Nc1ccc(NC(=O)c2ccc(F)cc2)cc1C(F)(F)F. The number of hydrogen-bond acceptors (Lipinski definition) is 5. The number of alkyl halides is 3. The van der Waals surface area contributed by atoms with Crippen LogP contribution in [0.25, 0.3) is 0 Å². The lowest BCUT2D eigenvalue weighted by Gasteiger charge is -2.16. The predicted molar refractivity (Wildman–Crippen MR) is 103 cm³/mol. The predicted octanol–water partition coefficient (Wildman–Crippen LogP) is 3.84. The van der Waals surface area contributed by atoms with Gasteiger partial charge in [-0.3, -0.25) is 24.4 Å². The number of nitro groups is 1. The van der Waals surface area contributed by atoms with Crippen molar-refractivity contribution in [1.29, 1.82) is 0 Å². The van der Waals surface area contributed by atoms with Gasteiger partial charge in [0.15, 0.2) is 0 Å². The molecular formula is C19H13F4N5O4. The molecule has 166 valence electrons. The van der Waals surface area contributed by atoms with Crippen molar-refractivity contribution >= 4 is 28.9 Å². The van der Waals surface area contributed by atoms with Gasteiger partial charge in [-0.15, -0.1) is 0 Å². The molecule has 0 unspecified atom stereocenters. The maximum absolute atomic E-state index is 13.5. The number of amides is 2. The van der Waals surface area contributed by atoms with Crippen molar-refractivity contribution in [2.75, 3.05) is 10.6 Å². The van der Waals surface area contributed by atoms with E-state index in [9.17, 15) is 37.3 Å². The highest BCUT2D eigenvalue weighted by atomic mass is 19.4. The number of nitrogens with one attached hydrogen (secondary N) is 2. The van der Waals surface area contributed by atoms with Gasteiger partial charge in [0.2, 0.25) is 5.91 Å². The van der Waals surface area contributed by atoms with E-state index >= 15 is 0 Å². The third kappa shape index (κ3) is 5.44. The molecule has 0 aliphatic carbocycles. The van der Waals surface area contributed by atoms with Crippen LogP contribution >= 0.6 is 0 Å². The van der Waals surface area contributed by atoms with Crippen molar-refractivity contribution < 1.29 is 32.1 Å². The molecular weight excluding hydrogens is 438 g/mol. The summed E-state index contributed by atoms with van der Waals surface area (Å²) in [7, 11) is 0. The van der Waals surface area contributed by atoms with Crippen LogP contribution in [0.3, 0.4) is 0 Å². The van der Waals surface area contributed by atoms with Crippen LogP contribution in [0, 0.1) is 15.9 Å². The Hall–Kier alpha value is -4.29. The first-order valence-corrected chi connectivity index (χ1v) is 8.78. The molecule has 0 spiro atoms. The van der Waals surface area contributed by atoms with E-state index in [1.165, 1.54) is 12.1 Å². The fourth-order valence-electron chi connectivity index (χ4n) is 2.64. The molecule has 0 aliphatic heterocycles. The van der Waals surface area contributed by atoms with E-state index in [1.807, 2.05) is 0 Å². The average molecular weight is 451 g/mol. The standard InChI is InChI=1S/C19H13F4N5O4/c20-12-3-1-11(2-4-12)18(30)25-13-5-6-16(15(7-13)19(21,22)23)26-17(29)10-27-9-14(8-24-27)28(31)32/h1-9H,10H2,(H,25,30)(H,26,29). The minimum absolute atomic E-state index is 0.0330. The first-order valence-electron chi connectivity index (χ1n) is 8.78.